The standard InChI is InChI=1S/C21H19NO2S2/c1-2-13-24-18-10-6-9-17(14-18)15-19-20(23)22(21(25)26-19)12-11-16-7-4-3-5-8-16/h2-10,14-15H,1,11-13H2/b19-15-. The minimum atomic E-state index is -0.0339. The highest BCUT2D eigenvalue weighted by Gasteiger charge is 2.31. The number of carbonyl (C=O) groups excluding carboxylic acids is 1. The van der Waals surface area contributed by atoms with Crippen LogP contribution < -0.4 is 4.74 Å². The molecular weight excluding hydrogens is 362 g/mol. The molecule has 0 bridgehead atoms. The van der Waals surface area contributed by atoms with Crippen LogP contribution in [-0.4, -0.2) is 28.3 Å². The molecule has 5 heteroatoms. The van der Waals surface area contributed by atoms with E-state index in [1.165, 1.54) is 17.3 Å². The second-order valence-electron chi connectivity index (χ2n) is 5.74. The molecule has 0 spiro atoms. The van der Waals surface area contributed by atoms with Crippen molar-refractivity contribution in [3.05, 3.63) is 83.3 Å². The molecule has 0 saturated carbocycles. The third-order valence-corrected chi connectivity index (χ3v) is 5.24. The predicted octanol–water partition coefficient (Wildman–Crippen LogP) is 4.70. The summed E-state index contributed by atoms with van der Waals surface area (Å²) in [6, 6.07) is 17.7. The van der Waals surface area contributed by atoms with Crippen LogP contribution in [0.15, 0.2) is 72.2 Å². The number of rotatable bonds is 7. The minimum absolute atomic E-state index is 0.0339. The van der Waals surface area contributed by atoms with E-state index >= 15 is 0 Å². The Labute approximate surface area is 163 Å². The molecule has 3 rings (SSSR count). The van der Waals surface area contributed by atoms with Gasteiger partial charge in [-0.1, -0.05) is 79.1 Å². The lowest BCUT2D eigenvalue weighted by atomic mass is 10.1. The summed E-state index contributed by atoms with van der Waals surface area (Å²) in [5.74, 6) is 0.714. The van der Waals surface area contributed by atoms with Crippen LogP contribution in [0.3, 0.4) is 0 Å². The molecule has 1 fully saturated rings. The molecule has 0 aliphatic carbocycles. The highest BCUT2D eigenvalue weighted by atomic mass is 32.2. The largest absolute Gasteiger partial charge is 0.490 e. The van der Waals surface area contributed by atoms with Crippen molar-refractivity contribution in [1.29, 1.82) is 0 Å². The van der Waals surface area contributed by atoms with Crippen molar-refractivity contribution >= 4 is 40.3 Å². The van der Waals surface area contributed by atoms with E-state index in [9.17, 15) is 4.79 Å². The molecular formula is C21H19NO2S2. The predicted molar refractivity (Wildman–Crippen MR) is 112 cm³/mol. The summed E-state index contributed by atoms with van der Waals surface area (Å²) >= 11 is 6.75. The van der Waals surface area contributed by atoms with Gasteiger partial charge in [0.15, 0.2) is 0 Å². The van der Waals surface area contributed by atoms with Gasteiger partial charge in [-0.3, -0.25) is 9.69 Å². The Kier molecular flexibility index (Phi) is 6.26. The molecule has 0 aromatic heterocycles. The Bertz CT molecular complexity index is 846. The topological polar surface area (TPSA) is 29.5 Å². The number of benzene rings is 2. The molecule has 0 N–H and O–H groups in total. The van der Waals surface area contributed by atoms with Gasteiger partial charge >= 0.3 is 0 Å². The average Bonchev–Trinajstić information content (AvgIpc) is 2.92. The fourth-order valence-corrected chi connectivity index (χ4v) is 3.89. The maximum atomic E-state index is 12.7. The summed E-state index contributed by atoms with van der Waals surface area (Å²) in [6.45, 7) is 4.68. The third kappa shape index (κ3) is 4.62. The monoisotopic (exact) mass is 381 g/mol. The SMILES string of the molecule is C=CCOc1cccc(/C=C2\SC(=S)N(CCc3ccccc3)C2=O)c1. The molecule has 2 aromatic carbocycles. The van der Waals surface area contributed by atoms with Gasteiger partial charge in [0.05, 0.1) is 4.91 Å². The number of thiocarbonyl (C=S) groups is 1. The molecule has 132 valence electrons. The van der Waals surface area contributed by atoms with E-state index in [2.05, 4.69) is 18.7 Å². The van der Waals surface area contributed by atoms with Crippen molar-refractivity contribution in [2.75, 3.05) is 13.2 Å². The molecule has 1 saturated heterocycles. The number of ether oxygens (including phenoxy) is 1. The smallest absolute Gasteiger partial charge is 0.266 e. The van der Waals surface area contributed by atoms with E-state index in [1.807, 2.05) is 48.5 Å². The molecule has 0 atom stereocenters. The lowest BCUT2D eigenvalue weighted by molar-refractivity contribution is -0.122. The van der Waals surface area contributed by atoms with E-state index in [-0.39, 0.29) is 5.91 Å². The van der Waals surface area contributed by atoms with Crippen LogP contribution in [-0.2, 0) is 11.2 Å². The van der Waals surface area contributed by atoms with Crippen molar-refractivity contribution in [2.45, 2.75) is 6.42 Å². The Balaban J connectivity index is 1.69. The van der Waals surface area contributed by atoms with E-state index in [1.54, 1.807) is 11.0 Å². The van der Waals surface area contributed by atoms with Crippen LogP contribution in [0.25, 0.3) is 6.08 Å². The highest BCUT2D eigenvalue weighted by molar-refractivity contribution is 8.26. The first-order valence-electron chi connectivity index (χ1n) is 8.30. The van der Waals surface area contributed by atoms with Gasteiger partial charge < -0.3 is 4.74 Å². The fourth-order valence-electron chi connectivity index (χ4n) is 2.58. The number of hydrogen-bond acceptors (Lipinski definition) is 4. The van der Waals surface area contributed by atoms with Crippen molar-refractivity contribution < 1.29 is 9.53 Å². The molecule has 1 heterocycles. The number of nitrogens with zero attached hydrogens (tertiary/aromatic N) is 1. The number of carbonyl (C=O) groups is 1. The van der Waals surface area contributed by atoms with Crippen LogP contribution in [0.4, 0.5) is 0 Å². The maximum Gasteiger partial charge on any atom is 0.266 e. The summed E-state index contributed by atoms with van der Waals surface area (Å²) in [4.78, 5) is 15.0. The first-order valence-corrected chi connectivity index (χ1v) is 9.53. The molecule has 26 heavy (non-hydrogen) atoms. The number of amides is 1. The van der Waals surface area contributed by atoms with Crippen LogP contribution in [0.5, 0.6) is 5.75 Å². The Hall–Kier alpha value is -2.37. The van der Waals surface area contributed by atoms with Gasteiger partial charge in [0, 0.05) is 6.54 Å². The minimum Gasteiger partial charge on any atom is -0.490 e. The zero-order chi connectivity index (χ0) is 18.4. The average molecular weight is 382 g/mol. The van der Waals surface area contributed by atoms with Gasteiger partial charge in [0.1, 0.15) is 16.7 Å². The summed E-state index contributed by atoms with van der Waals surface area (Å²) in [7, 11) is 0. The van der Waals surface area contributed by atoms with E-state index in [4.69, 9.17) is 17.0 Å². The second kappa shape index (κ2) is 8.83. The molecule has 3 nitrogen and oxygen atoms in total. The molecule has 2 aromatic rings. The molecule has 1 amide bonds. The van der Waals surface area contributed by atoms with Crippen molar-refractivity contribution in [3.63, 3.8) is 0 Å². The van der Waals surface area contributed by atoms with E-state index in [0.717, 1.165) is 17.7 Å². The molecule has 1 aliphatic heterocycles. The highest BCUT2D eigenvalue weighted by Crippen LogP contribution is 2.33. The summed E-state index contributed by atoms with van der Waals surface area (Å²) in [5, 5.41) is 0. The van der Waals surface area contributed by atoms with Gasteiger partial charge in [0.2, 0.25) is 0 Å². The Morgan fingerprint density at radius 2 is 1.96 bits per heavy atom. The van der Waals surface area contributed by atoms with Crippen LogP contribution in [0.2, 0.25) is 0 Å². The summed E-state index contributed by atoms with van der Waals surface area (Å²) in [6.07, 6.45) is 4.35. The van der Waals surface area contributed by atoms with E-state index in [0.29, 0.717) is 22.4 Å². The Morgan fingerprint density at radius 1 is 1.15 bits per heavy atom. The van der Waals surface area contributed by atoms with Gasteiger partial charge in [-0.2, -0.15) is 0 Å². The molecule has 0 unspecified atom stereocenters. The molecule has 1 aliphatic rings. The quantitative estimate of drug-likeness (QED) is 0.395. The van der Waals surface area contributed by atoms with Crippen LogP contribution in [0, 0.1) is 0 Å². The zero-order valence-corrected chi connectivity index (χ0v) is 15.9. The van der Waals surface area contributed by atoms with Crippen molar-refractivity contribution in [3.8, 4) is 5.75 Å². The van der Waals surface area contributed by atoms with Crippen LogP contribution in [0.1, 0.15) is 11.1 Å². The number of hydrogen-bond donors (Lipinski definition) is 0. The normalized spacial score (nSPS) is 15.5. The Morgan fingerprint density at radius 3 is 2.73 bits per heavy atom. The number of thioether (sulfide) groups is 1. The van der Waals surface area contributed by atoms with E-state index < -0.39 is 0 Å². The maximum absolute atomic E-state index is 12.7. The van der Waals surface area contributed by atoms with Gasteiger partial charge in [-0.05, 0) is 35.8 Å². The van der Waals surface area contributed by atoms with Gasteiger partial charge in [-0.25, -0.2) is 0 Å². The van der Waals surface area contributed by atoms with Crippen molar-refractivity contribution in [2.24, 2.45) is 0 Å². The van der Waals surface area contributed by atoms with Crippen LogP contribution >= 0.6 is 24.0 Å². The fraction of sp³-hybridized carbons (Fsp3) is 0.143. The first kappa shape index (κ1) is 18.4. The lowest BCUT2D eigenvalue weighted by Gasteiger charge is -2.14. The molecule has 0 radical (unpaired) electrons. The third-order valence-electron chi connectivity index (χ3n) is 3.86. The summed E-state index contributed by atoms with van der Waals surface area (Å²) < 4.78 is 6.15. The van der Waals surface area contributed by atoms with Gasteiger partial charge in [-0.15, -0.1) is 0 Å². The zero-order valence-electron chi connectivity index (χ0n) is 14.3. The summed E-state index contributed by atoms with van der Waals surface area (Å²) in [5.41, 5.74) is 2.10. The van der Waals surface area contributed by atoms with Gasteiger partial charge in [0.25, 0.3) is 5.91 Å². The lowest BCUT2D eigenvalue weighted by Crippen LogP contribution is -2.30. The second-order valence-corrected chi connectivity index (χ2v) is 7.42. The first-order chi connectivity index (χ1) is 12.7. The van der Waals surface area contributed by atoms with Crippen molar-refractivity contribution in [1.82, 2.24) is 4.90 Å².